The van der Waals surface area contributed by atoms with E-state index in [0.29, 0.717) is 0 Å². The molecule has 0 bridgehead atoms. The van der Waals surface area contributed by atoms with Crippen molar-refractivity contribution >= 4 is 15.2 Å². The summed E-state index contributed by atoms with van der Waals surface area (Å²) < 4.78 is 24.3. The van der Waals surface area contributed by atoms with Crippen molar-refractivity contribution in [2.45, 2.75) is 0 Å². The molecule has 9 heteroatoms. The van der Waals surface area contributed by atoms with Crippen molar-refractivity contribution in [3.8, 4) is 0 Å². The molecule has 0 aromatic rings. The molecule has 0 aliphatic rings. The second-order valence-electron chi connectivity index (χ2n) is 1.17. The molecule has 0 aromatic carbocycles. The summed E-state index contributed by atoms with van der Waals surface area (Å²) in [6.07, 6.45) is 0. The molecule has 1 atom stereocenters. The largest absolute Gasteiger partial charge is 0.319 e. The molecule has 0 spiro atoms. The molecule has 0 rings (SSSR count). The lowest BCUT2D eigenvalue weighted by atomic mass is 12.0. The Labute approximate surface area is 57.1 Å². The van der Waals surface area contributed by atoms with Crippen LogP contribution in [0.3, 0.4) is 0 Å². The Bertz CT molecular complexity index is 143. The maximum Gasteiger partial charge on any atom is 0.319 e. The fourth-order valence-electron chi connectivity index (χ4n) is 0.0949. The van der Waals surface area contributed by atoms with Crippen LogP contribution in [0.15, 0.2) is 0 Å². The number of hydrogen-bond donors (Lipinski definition) is 1. The first-order chi connectivity index (χ1) is 4.62. The molecular formula is CH4O7P2. The lowest BCUT2D eigenvalue weighted by molar-refractivity contribution is -0.684. The smallest absolute Gasteiger partial charge is 0.277 e. The predicted octanol–water partition coefficient (Wildman–Crippen LogP) is 1.39. The van der Waals surface area contributed by atoms with Crippen molar-refractivity contribution in [2.75, 3.05) is 6.66 Å². The maximum absolute atomic E-state index is 10.6. The molecule has 7 nitrogen and oxygen atoms in total. The summed E-state index contributed by atoms with van der Waals surface area (Å²) in [5.74, 6) is 0. The highest BCUT2D eigenvalue weighted by Crippen LogP contribution is 2.55. The molecule has 0 fully saturated rings. The van der Waals surface area contributed by atoms with Gasteiger partial charge in [0.15, 0.2) is 0 Å². The van der Waals surface area contributed by atoms with E-state index in [1.165, 1.54) is 0 Å². The van der Waals surface area contributed by atoms with Crippen LogP contribution in [-0.4, -0.2) is 11.9 Å². The summed E-state index contributed by atoms with van der Waals surface area (Å²) in [6.45, 7) is 1.03. The van der Waals surface area contributed by atoms with Crippen molar-refractivity contribution in [1.29, 1.82) is 0 Å². The monoisotopic (exact) mass is 190 g/mol. The number of rotatable bonds is 5. The first-order valence-corrected chi connectivity index (χ1v) is 5.47. The fraction of sp³-hybridized carbons (Fsp3) is 1.00. The van der Waals surface area contributed by atoms with Gasteiger partial charge in [0.2, 0.25) is 0 Å². The van der Waals surface area contributed by atoms with Crippen molar-refractivity contribution in [1.82, 2.24) is 0 Å². The van der Waals surface area contributed by atoms with Gasteiger partial charge in [-0.05, 0) is 15.1 Å². The molecule has 0 aliphatic heterocycles. The average Bonchev–Trinajstić information content (AvgIpc) is 1.89. The standard InChI is InChI=1S/CH4O7P2/c1-10(4,9-3)8-7-6-5-2/h2H,1H3. The van der Waals surface area contributed by atoms with Gasteiger partial charge in [-0.15, -0.1) is 4.67 Å². The average molecular weight is 190 g/mol. The van der Waals surface area contributed by atoms with Crippen LogP contribution in [0.1, 0.15) is 0 Å². The lowest BCUT2D eigenvalue weighted by Crippen LogP contribution is -1.90. The molecule has 1 N–H and O–H groups in total. The molecule has 0 amide bonds. The van der Waals surface area contributed by atoms with Crippen LogP contribution >= 0.6 is 15.2 Å². The van der Waals surface area contributed by atoms with Gasteiger partial charge in [0.05, 0.1) is 0 Å². The molecule has 0 aromatic heterocycles. The normalized spacial score (nSPS) is 17.0. The minimum atomic E-state index is -3.32. The van der Waals surface area contributed by atoms with E-state index in [1.54, 1.807) is 0 Å². The van der Waals surface area contributed by atoms with Gasteiger partial charge in [0.1, 0.15) is 0 Å². The minimum absolute atomic E-state index is 0.722. The topological polar surface area (TPSA) is 91.3 Å². The minimum Gasteiger partial charge on any atom is -0.277 e. The van der Waals surface area contributed by atoms with E-state index in [0.717, 1.165) is 6.66 Å². The zero-order valence-electron chi connectivity index (χ0n) is 4.79. The summed E-state index contributed by atoms with van der Waals surface area (Å²) in [6, 6.07) is 0. The van der Waals surface area contributed by atoms with Crippen molar-refractivity contribution in [3.63, 3.8) is 0 Å². The lowest BCUT2D eigenvalue weighted by Gasteiger charge is -1.99. The van der Waals surface area contributed by atoms with Gasteiger partial charge in [-0.2, -0.15) is 0 Å². The first-order valence-electron chi connectivity index (χ1n) is 1.88. The van der Waals surface area contributed by atoms with Gasteiger partial charge in [0.25, 0.3) is 8.15 Å². The van der Waals surface area contributed by atoms with E-state index < -0.39 is 15.2 Å². The molecule has 0 saturated heterocycles. The molecule has 0 heterocycles. The molecule has 0 radical (unpaired) electrons. The van der Waals surface area contributed by atoms with Crippen LogP contribution in [0.4, 0.5) is 0 Å². The highest BCUT2D eigenvalue weighted by Gasteiger charge is 2.18. The van der Waals surface area contributed by atoms with Gasteiger partial charge in [0, 0.05) is 6.66 Å². The summed E-state index contributed by atoms with van der Waals surface area (Å²) in [4.78, 5) is 0. The molecule has 60 valence electrons. The van der Waals surface area contributed by atoms with E-state index in [2.05, 4.69) is 19.8 Å². The third kappa shape index (κ3) is 4.96. The quantitative estimate of drug-likeness (QED) is 0.303. The van der Waals surface area contributed by atoms with E-state index >= 15 is 0 Å². The van der Waals surface area contributed by atoms with Crippen molar-refractivity contribution < 1.29 is 34.2 Å². The first kappa shape index (κ1) is 10.1. The number of hydrogen-bond acceptors (Lipinski definition) is 7. The van der Waals surface area contributed by atoms with Gasteiger partial charge >= 0.3 is 7.06 Å². The summed E-state index contributed by atoms with van der Waals surface area (Å²) >= 11 is 0. The van der Waals surface area contributed by atoms with Gasteiger partial charge in [-0.1, -0.05) is 0 Å². The van der Waals surface area contributed by atoms with Crippen LogP contribution in [0.2, 0.25) is 0 Å². The summed E-state index contributed by atoms with van der Waals surface area (Å²) in [7, 11) is -4.05. The SMILES string of the molecule is CP(=O)(OOOOO)P=O. The van der Waals surface area contributed by atoms with Crippen LogP contribution in [-0.2, 0) is 28.9 Å². The van der Waals surface area contributed by atoms with Crippen molar-refractivity contribution in [3.05, 3.63) is 0 Å². The van der Waals surface area contributed by atoms with Gasteiger partial charge < -0.3 is 0 Å². The molecule has 0 saturated carbocycles. The Morgan fingerprint density at radius 2 is 2.10 bits per heavy atom. The molecule has 0 aliphatic carbocycles. The maximum atomic E-state index is 10.6. The Morgan fingerprint density at radius 1 is 1.50 bits per heavy atom. The Morgan fingerprint density at radius 3 is 2.50 bits per heavy atom. The van der Waals surface area contributed by atoms with E-state index in [4.69, 9.17) is 5.26 Å². The second-order valence-corrected chi connectivity index (χ2v) is 5.76. The Hall–Kier alpha value is 0.130. The molecule has 1 unspecified atom stereocenters. The van der Waals surface area contributed by atoms with Crippen LogP contribution in [0.5, 0.6) is 0 Å². The van der Waals surface area contributed by atoms with Gasteiger partial charge in [-0.25, -0.2) is 5.26 Å². The van der Waals surface area contributed by atoms with Crippen LogP contribution in [0.25, 0.3) is 0 Å². The molecule has 10 heavy (non-hydrogen) atoms. The second kappa shape index (κ2) is 4.87. The van der Waals surface area contributed by atoms with E-state index in [-0.39, 0.29) is 0 Å². The molecular weight excluding hydrogens is 186 g/mol. The Kier molecular flexibility index (Phi) is 4.93. The van der Waals surface area contributed by atoms with E-state index in [1.807, 2.05) is 0 Å². The predicted molar refractivity (Wildman–Crippen MR) is 28.1 cm³/mol. The van der Waals surface area contributed by atoms with Crippen LogP contribution in [0, 0.1) is 0 Å². The highest BCUT2D eigenvalue weighted by molar-refractivity contribution is 8.17. The summed E-state index contributed by atoms with van der Waals surface area (Å²) in [5, 5.41) is 17.1. The third-order valence-corrected chi connectivity index (χ3v) is 2.10. The summed E-state index contributed by atoms with van der Waals surface area (Å²) in [5.41, 5.74) is 0. The van der Waals surface area contributed by atoms with Crippen molar-refractivity contribution in [2.24, 2.45) is 0 Å². The van der Waals surface area contributed by atoms with E-state index in [9.17, 15) is 9.13 Å². The highest BCUT2D eigenvalue weighted by atomic mass is 32.1. The fourth-order valence-corrected chi connectivity index (χ4v) is 0.423. The zero-order valence-corrected chi connectivity index (χ0v) is 6.58. The zero-order chi connectivity index (χ0) is 8.04. The Balaban J connectivity index is 3.47. The van der Waals surface area contributed by atoms with Gasteiger partial charge in [-0.3, -0.25) is 9.13 Å². The third-order valence-electron chi connectivity index (χ3n) is 0.375. The van der Waals surface area contributed by atoms with Crippen LogP contribution < -0.4 is 0 Å².